The molecule has 1 aliphatic rings. The minimum absolute atomic E-state index is 0.0299. The predicted octanol–water partition coefficient (Wildman–Crippen LogP) is -1.86. The zero-order chi connectivity index (χ0) is 15.2. The van der Waals surface area contributed by atoms with Crippen molar-refractivity contribution >= 4 is 23.3 Å². The van der Waals surface area contributed by atoms with Crippen molar-refractivity contribution in [3.63, 3.8) is 0 Å². The van der Waals surface area contributed by atoms with Gasteiger partial charge in [0.2, 0.25) is 5.95 Å². The maximum atomic E-state index is 11.7. The molecule has 9 heteroatoms. The van der Waals surface area contributed by atoms with Crippen LogP contribution in [-0.2, 0) is 0 Å². The van der Waals surface area contributed by atoms with Crippen LogP contribution >= 0.6 is 0 Å². The Balaban J connectivity index is 2.11. The van der Waals surface area contributed by atoms with Crippen molar-refractivity contribution in [2.75, 3.05) is 25.6 Å². The Morgan fingerprint density at radius 1 is 1.43 bits per heavy atom. The molecule has 1 saturated carbocycles. The molecule has 3 rings (SSSR count). The molecule has 0 radical (unpaired) electrons. The Hall–Kier alpha value is -2.23. The number of nitrogens with two attached hydrogens (primary N) is 1. The van der Waals surface area contributed by atoms with E-state index in [2.05, 4.69) is 15.0 Å². The number of hydrogen-bond acceptors (Lipinski definition) is 7. The number of aromatic nitrogens is 4. The maximum absolute atomic E-state index is 11.7. The number of nitrogens with zero attached hydrogens (tertiary/aromatic N) is 3. The smallest absolute Gasteiger partial charge is 0.280 e. The van der Waals surface area contributed by atoms with E-state index in [1.54, 1.807) is 6.20 Å². The monoisotopic (exact) mass is 293 g/mol. The summed E-state index contributed by atoms with van der Waals surface area (Å²) >= 11 is 0. The van der Waals surface area contributed by atoms with Crippen molar-refractivity contribution < 1.29 is 15.3 Å². The molecule has 21 heavy (non-hydrogen) atoms. The average molecular weight is 293 g/mol. The molecule has 6 N–H and O–H groups in total. The molecule has 9 nitrogen and oxygen atoms in total. The summed E-state index contributed by atoms with van der Waals surface area (Å²) in [6, 6.07) is 0. The van der Waals surface area contributed by atoms with E-state index >= 15 is 0 Å². The van der Waals surface area contributed by atoms with Crippen molar-refractivity contribution in [3.05, 3.63) is 22.3 Å². The van der Waals surface area contributed by atoms with Gasteiger partial charge in [-0.05, 0) is 5.57 Å². The molecule has 0 aromatic carbocycles. The summed E-state index contributed by atoms with van der Waals surface area (Å²) in [5.74, 6) is -0.359. The van der Waals surface area contributed by atoms with E-state index in [1.165, 1.54) is 10.9 Å². The van der Waals surface area contributed by atoms with Gasteiger partial charge in [-0.1, -0.05) is 0 Å². The van der Waals surface area contributed by atoms with Crippen LogP contribution in [0.5, 0.6) is 0 Å². The molecule has 112 valence electrons. The number of fused-ring (bicyclic) bond motifs is 1. The SMILES string of the molecule is Nc1nc2c(ncn2/C=C2/C(CO)C2(CO)CO)c(=O)[nH]1. The molecule has 0 amide bonds. The fourth-order valence-corrected chi connectivity index (χ4v) is 2.66. The Morgan fingerprint density at radius 2 is 2.14 bits per heavy atom. The van der Waals surface area contributed by atoms with Crippen molar-refractivity contribution in [1.29, 1.82) is 0 Å². The van der Waals surface area contributed by atoms with Gasteiger partial charge in [0.05, 0.1) is 19.8 Å². The van der Waals surface area contributed by atoms with E-state index < -0.39 is 11.0 Å². The molecule has 1 fully saturated rings. The Bertz CT molecular complexity index is 774. The van der Waals surface area contributed by atoms with Gasteiger partial charge in [0.1, 0.15) is 6.33 Å². The van der Waals surface area contributed by atoms with Gasteiger partial charge < -0.3 is 21.1 Å². The first kappa shape index (κ1) is 13.7. The largest absolute Gasteiger partial charge is 0.396 e. The van der Waals surface area contributed by atoms with Crippen molar-refractivity contribution in [2.24, 2.45) is 11.3 Å². The summed E-state index contributed by atoms with van der Waals surface area (Å²) in [6.07, 6.45) is 3.00. The number of aliphatic hydroxyl groups excluding tert-OH is 3. The fourth-order valence-electron chi connectivity index (χ4n) is 2.66. The zero-order valence-corrected chi connectivity index (χ0v) is 11.0. The number of H-pyrrole nitrogens is 1. The quantitative estimate of drug-likeness (QED) is 0.443. The van der Waals surface area contributed by atoms with E-state index in [9.17, 15) is 20.1 Å². The second kappa shape index (κ2) is 4.65. The predicted molar refractivity (Wildman–Crippen MR) is 74.0 cm³/mol. The number of nitrogen functional groups attached to an aromatic ring is 1. The molecule has 0 aliphatic heterocycles. The highest BCUT2D eigenvalue weighted by atomic mass is 16.3. The van der Waals surface area contributed by atoms with Crippen LogP contribution in [-0.4, -0.2) is 54.7 Å². The minimum atomic E-state index is -0.835. The number of aliphatic hydroxyl groups is 3. The van der Waals surface area contributed by atoms with Crippen LogP contribution in [0, 0.1) is 11.3 Å². The lowest BCUT2D eigenvalue weighted by Gasteiger charge is -2.07. The summed E-state index contributed by atoms with van der Waals surface area (Å²) < 4.78 is 1.49. The number of aromatic amines is 1. The van der Waals surface area contributed by atoms with E-state index in [0.29, 0.717) is 5.57 Å². The summed E-state index contributed by atoms with van der Waals surface area (Å²) in [7, 11) is 0. The second-order valence-corrected chi connectivity index (χ2v) is 5.07. The highest BCUT2D eigenvalue weighted by molar-refractivity contribution is 5.73. The van der Waals surface area contributed by atoms with Crippen LogP contribution < -0.4 is 11.3 Å². The number of imidazole rings is 1. The maximum Gasteiger partial charge on any atom is 0.280 e. The molecule has 0 spiro atoms. The van der Waals surface area contributed by atoms with Gasteiger partial charge >= 0.3 is 0 Å². The van der Waals surface area contributed by atoms with Gasteiger partial charge in [-0.3, -0.25) is 14.3 Å². The summed E-state index contributed by atoms with van der Waals surface area (Å²) in [4.78, 5) is 22.0. The molecule has 2 aromatic rings. The number of rotatable bonds is 4. The van der Waals surface area contributed by atoms with Crippen molar-refractivity contribution in [3.8, 4) is 0 Å². The van der Waals surface area contributed by atoms with Crippen molar-refractivity contribution in [1.82, 2.24) is 19.5 Å². The van der Waals surface area contributed by atoms with Crippen molar-refractivity contribution in [2.45, 2.75) is 0 Å². The fraction of sp³-hybridized carbons (Fsp3) is 0.417. The molecular formula is C12H15N5O4. The van der Waals surface area contributed by atoms with Gasteiger partial charge in [-0.25, -0.2) is 4.98 Å². The van der Waals surface area contributed by atoms with E-state index in [1.807, 2.05) is 0 Å². The third-order valence-electron chi connectivity index (χ3n) is 4.01. The Morgan fingerprint density at radius 3 is 2.71 bits per heavy atom. The Labute approximate surface area is 118 Å². The third-order valence-corrected chi connectivity index (χ3v) is 4.01. The number of nitrogens with one attached hydrogen (secondary N) is 1. The van der Waals surface area contributed by atoms with Crippen LogP contribution in [0.3, 0.4) is 0 Å². The standard InChI is InChI=1S/C12H15N5O4/c13-11-15-9-8(10(21)16-11)14-5-17(9)1-6-7(2-18)12(6,3-19)4-20/h1,5,7,18-20H,2-4H2,(H3,13,15,16,21)/b6-1-. The van der Waals surface area contributed by atoms with E-state index in [-0.39, 0.29) is 42.9 Å². The first-order valence-corrected chi connectivity index (χ1v) is 6.34. The normalized spacial score (nSPS) is 22.0. The zero-order valence-electron chi connectivity index (χ0n) is 11.0. The third kappa shape index (κ3) is 1.86. The first-order valence-electron chi connectivity index (χ1n) is 6.34. The lowest BCUT2D eigenvalue weighted by molar-refractivity contribution is 0.112. The lowest BCUT2D eigenvalue weighted by atomic mass is 10.1. The Kier molecular flexibility index (Phi) is 3.04. The molecular weight excluding hydrogens is 278 g/mol. The van der Waals surface area contributed by atoms with Gasteiger partial charge in [0.25, 0.3) is 5.56 Å². The molecule has 2 heterocycles. The van der Waals surface area contributed by atoms with Crippen LogP contribution in [0.4, 0.5) is 5.95 Å². The summed E-state index contributed by atoms with van der Waals surface area (Å²) in [6.45, 7) is -0.734. The van der Waals surface area contributed by atoms with E-state index in [0.717, 1.165) is 0 Å². The van der Waals surface area contributed by atoms with Gasteiger partial charge in [0, 0.05) is 17.5 Å². The molecule has 2 aromatic heterocycles. The van der Waals surface area contributed by atoms with Crippen LogP contribution in [0.1, 0.15) is 0 Å². The summed E-state index contributed by atoms with van der Waals surface area (Å²) in [5.41, 5.74) is 5.32. The molecule has 1 atom stereocenters. The first-order chi connectivity index (χ1) is 10.1. The highest BCUT2D eigenvalue weighted by Crippen LogP contribution is 2.57. The molecule has 1 unspecified atom stereocenters. The van der Waals surface area contributed by atoms with Crippen LogP contribution in [0.25, 0.3) is 17.4 Å². The van der Waals surface area contributed by atoms with Gasteiger partial charge in [-0.15, -0.1) is 0 Å². The van der Waals surface area contributed by atoms with Crippen LogP contribution in [0.2, 0.25) is 0 Å². The number of anilines is 1. The summed E-state index contributed by atoms with van der Waals surface area (Å²) in [5, 5.41) is 28.2. The molecule has 0 bridgehead atoms. The molecule has 0 saturated heterocycles. The van der Waals surface area contributed by atoms with Gasteiger partial charge in [0.15, 0.2) is 11.2 Å². The van der Waals surface area contributed by atoms with Gasteiger partial charge in [-0.2, -0.15) is 4.98 Å². The second-order valence-electron chi connectivity index (χ2n) is 5.07. The van der Waals surface area contributed by atoms with Crippen LogP contribution in [0.15, 0.2) is 16.7 Å². The van der Waals surface area contributed by atoms with E-state index in [4.69, 9.17) is 5.73 Å². The number of hydrogen-bond donors (Lipinski definition) is 5. The minimum Gasteiger partial charge on any atom is -0.396 e. The topological polar surface area (TPSA) is 150 Å². The highest BCUT2D eigenvalue weighted by Gasteiger charge is 2.59. The lowest BCUT2D eigenvalue weighted by Crippen LogP contribution is -2.16. The average Bonchev–Trinajstić information content (AvgIpc) is 2.90. The molecule has 1 aliphatic carbocycles.